The van der Waals surface area contributed by atoms with Crippen LogP contribution in [0, 0.1) is 0 Å². The predicted molar refractivity (Wildman–Crippen MR) is 81.0 cm³/mol. The smallest absolute Gasteiger partial charge is 0.222 e. The fraction of sp³-hybridized carbons (Fsp3) is 0.857. The Morgan fingerprint density at radius 3 is 2.64 bits per heavy atom. The summed E-state index contributed by atoms with van der Waals surface area (Å²) >= 11 is 0. The molecule has 0 radical (unpaired) electrons. The Balaban J connectivity index is 1.74. The van der Waals surface area contributed by atoms with Crippen molar-refractivity contribution in [3.05, 3.63) is 0 Å². The van der Waals surface area contributed by atoms with Crippen LogP contribution in [0.3, 0.4) is 0 Å². The van der Waals surface area contributed by atoms with Crippen molar-refractivity contribution in [3.8, 4) is 0 Å². The molecule has 0 aromatic rings. The lowest BCUT2D eigenvalue weighted by Crippen LogP contribution is -2.41. The summed E-state index contributed by atoms with van der Waals surface area (Å²) in [6.45, 7) is 3.06. The van der Waals surface area contributed by atoms with Gasteiger partial charge >= 0.3 is 0 Å². The molecule has 2 amide bonds. The summed E-state index contributed by atoms with van der Waals surface area (Å²) in [6.07, 6.45) is 2.67. The molecule has 0 spiro atoms. The van der Waals surface area contributed by atoms with Crippen LogP contribution in [0.1, 0.15) is 32.6 Å². The summed E-state index contributed by atoms with van der Waals surface area (Å²) in [5, 5.41) is 2.74. The Kier molecular flexibility index (Phi) is 5.80. The van der Waals surface area contributed by atoms with Gasteiger partial charge in [-0.3, -0.25) is 9.59 Å². The molecule has 2 aliphatic rings. The molecule has 2 fully saturated rings. The average molecular weight is 332 g/mol. The van der Waals surface area contributed by atoms with Gasteiger partial charge in [0.15, 0.2) is 9.84 Å². The Labute approximate surface area is 131 Å². The van der Waals surface area contributed by atoms with Crippen LogP contribution in [-0.2, 0) is 24.2 Å². The van der Waals surface area contributed by atoms with Crippen LogP contribution in [0.25, 0.3) is 0 Å². The average Bonchev–Trinajstić information content (AvgIpc) is 3.03. The zero-order chi connectivity index (χ0) is 16.2. The summed E-state index contributed by atoms with van der Waals surface area (Å²) in [5.41, 5.74) is 0. The summed E-state index contributed by atoms with van der Waals surface area (Å²) in [6, 6.07) is -0.290. The van der Waals surface area contributed by atoms with Gasteiger partial charge in [-0.2, -0.15) is 0 Å². The third-order valence-electron chi connectivity index (χ3n) is 4.10. The highest BCUT2D eigenvalue weighted by atomic mass is 32.2. The largest absolute Gasteiger partial charge is 0.376 e. The topological polar surface area (TPSA) is 92.8 Å². The third-order valence-corrected chi connectivity index (χ3v) is 5.87. The first kappa shape index (κ1) is 17.2. The Morgan fingerprint density at radius 2 is 2.09 bits per heavy atom. The van der Waals surface area contributed by atoms with E-state index in [0.29, 0.717) is 19.5 Å². The van der Waals surface area contributed by atoms with Gasteiger partial charge in [0.1, 0.15) is 0 Å². The van der Waals surface area contributed by atoms with Gasteiger partial charge in [-0.15, -0.1) is 0 Å². The van der Waals surface area contributed by atoms with Crippen molar-refractivity contribution < 1.29 is 22.7 Å². The van der Waals surface area contributed by atoms with Gasteiger partial charge in [-0.1, -0.05) is 0 Å². The minimum absolute atomic E-state index is 0.0189. The Hall–Kier alpha value is -1.15. The SMILES string of the molecule is CC(=O)N(CCC(=O)NC1CCS(=O)(=O)C1)CC1CCCO1. The second kappa shape index (κ2) is 7.41. The quantitative estimate of drug-likeness (QED) is 0.721. The minimum atomic E-state index is -3.00. The molecule has 0 aromatic heterocycles. The van der Waals surface area contributed by atoms with Crippen LogP contribution in [0.4, 0.5) is 0 Å². The summed E-state index contributed by atoms with van der Waals surface area (Å²) in [7, 11) is -3.00. The standard InChI is InChI=1S/C14H24N2O5S/c1-11(17)16(9-13-3-2-7-21-13)6-4-14(18)15-12-5-8-22(19,20)10-12/h12-13H,2-10H2,1H3,(H,15,18). The maximum absolute atomic E-state index is 11.9. The molecule has 2 heterocycles. The highest BCUT2D eigenvalue weighted by molar-refractivity contribution is 7.91. The van der Waals surface area contributed by atoms with Crippen molar-refractivity contribution in [2.45, 2.75) is 44.8 Å². The molecular formula is C14H24N2O5S. The molecule has 126 valence electrons. The zero-order valence-electron chi connectivity index (χ0n) is 12.9. The maximum atomic E-state index is 11.9. The number of carbonyl (C=O) groups is 2. The molecule has 2 rings (SSSR count). The number of rotatable bonds is 6. The fourth-order valence-electron chi connectivity index (χ4n) is 2.86. The molecule has 2 saturated heterocycles. The second-order valence-electron chi connectivity index (χ2n) is 6.02. The third kappa shape index (κ3) is 5.24. The lowest BCUT2D eigenvalue weighted by atomic mass is 10.2. The number of sulfone groups is 1. The molecule has 2 atom stereocenters. The van der Waals surface area contributed by atoms with E-state index in [1.165, 1.54) is 6.92 Å². The highest BCUT2D eigenvalue weighted by Gasteiger charge is 2.29. The lowest BCUT2D eigenvalue weighted by molar-refractivity contribution is -0.131. The van der Waals surface area contributed by atoms with E-state index < -0.39 is 9.84 Å². The maximum Gasteiger partial charge on any atom is 0.222 e. The molecule has 22 heavy (non-hydrogen) atoms. The van der Waals surface area contributed by atoms with Crippen molar-refractivity contribution in [3.63, 3.8) is 0 Å². The monoisotopic (exact) mass is 332 g/mol. The molecular weight excluding hydrogens is 308 g/mol. The van der Waals surface area contributed by atoms with E-state index in [-0.39, 0.29) is 41.9 Å². The molecule has 2 aliphatic heterocycles. The van der Waals surface area contributed by atoms with Crippen LogP contribution in [-0.4, -0.2) is 68.5 Å². The first-order valence-corrected chi connectivity index (χ1v) is 9.55. The number of nitrogens with zero attached hydrogens (tertiary/aromatic N) is 1. The molecule has 0 aromatic carbocycles. The molecule has 2 unspecified atom stereocenters. The molecule has 0 aliphatic carbocycles. The zero-order valence-corrected chi connectivity index (χ0v) is 13.7. The Morgan fingerprint density at radius 1 is 1.32 bits per heavy atom. The van der Waals surface area contributed by atoms with Crippen molar-refractivity contribution in [1.29, 1.82) is 0 Å². The molecule has 0 saturated carbocycles. The number of nitrogens with one attached hydrogen (secondary N) is 1. The van der Waals surface area contributed by atoms with E-state index in [0.717, 1.165) is 19.4 Å². The summed E-state index contributed by atoms with van der Waals surface area (Å²) in [4.78, 5) is 25.2. The first-order valence-electron chi connectivity index (χ1n) is 7.72. The van der Waals surface area contributed by atoms with E-state index >= 15 is 0 Å². The second-order valence-corrected chi connectivity index (χ2v) is 8.25. The number of ether oxygens (including phenoxy) is 1. The van der Waals surface area contributed by atoms with Gasteiger partial charge in [-0.05, 0) is 19.3 Å². The van der Waals surface area contributed by atoms with Crippen LogP contribution in [0.2, 0.25) is 0 Å². The number of amides is 2. The summed E-state index contributed by atoms with van der Waals surface area (Å²) < 4.78 is 28.2. The van der Waals surface area contributed by atoms with E-state index in [1.54, 1.807) is 4.90 Å². The molecule has 8 heteroatoms. The van der Waals surface area contributed by atoms with Crippen LogP contribution < -0.4 is 5.32 Å². The van der Waals surface area contributed by atoms with E-state index in [1.807, 2.05) is 0 Å². The minimum Gasteiger partial charge on any atom is -0.376 e. The van der Waals surface area contributed by atoms with Crippen molar-refractivity contribution >= 4 is 21.7 Å². The normalized spacial score (nSPS) is 26.8. The van der Waals surface area contributed by atoms with Gasteiger partial charge in [-0.25, -0.2) is 8.42 Å². The van der Waals surface area contributed by atoms with Crippen LogP contribution >= 0.6 is 0 Å². The number of hydrogen-bond acceptors (Lipinski definition) is 5. The molecule has 7 nitrogen and oxygen atoms in total. The predicted octanol–water partition coefficient (Wildman–Crippen LogP) is -0.293. The molecule has 0 bridgehead atoms. The van der Waals surface area contributed by atoms with Gasteiger partial charge in [0.05, 0.1) is 17.6 Å². The van der Waals surface area contributed by atoms with Crippen molar-refractivity contribution in [1.82, 2.24) is 10.2 Å². The van der Waals surface area contributed by atoms with E-state index in [9.17, 15) is 18.0 Å². The van der Waals surface area contributed by atoms with E-state index in [4.69, 9.17) is 4.74 Å². The van der Waals surface area contributed by atoms with E-state index in [2.05, 4.69) is 5.32 Å². The lowest BCUT2D eigenvalue weighted by Gasteiger charge is -2.24. The summed E-state index contributed by atoms with van der Waals surface area (Å²) in [5.74, 6) is -0.130. The first-order chi connectivity index (χ1) is 10.4. The molecule has 1 N–H and O–H groups in total. The highest BCUT2D eigenvalue weighted by Crippen LogP contribution is 2.14. The Bertz CT molecular complexity index is 513. The van der Waals surface area contributed by atoms with Crippen LogP contribution in [0.5, 0.6) is 0 Å². The van der Waals surface area contributed by atoms with Crippen molar-refractivity contribution in [2.75, 3.05) is 31.2 Å². The number of hydrogen-bond donors (Lipinski definition) is 1. The van der Waals surface area contributed by atoms with Gasteiger partial charge in [0, 0.05) is 39.1 Å². The van der Waals surface area contributed by atoms with Crippen molar-refractivity contribution in [2.24, 2.45) is 0 Å². The fourth-order valence-corrected chi connectivity index (χ4v) is 4.53. The van der Waals surface area contributed by atoms with Crippen LogP contribution in [0.15, 0.2) is 0 Å². The van der Waals surface area contributed by atoms with Gasteiger partial charge < -0.3 is 15.0 Å². The van der Waals surface area contributed by atoms with Gasteiger partial charge in [0.2, 0.25) is 11.8 Å². The van der Waals surface area contributed by atoms with Gasteiger partial charge in [0.25, 0.3) is 0 Å². The number of carbonyl (C=O) groups excluding carboxylic acids is 2.